The number of hydrogen-bond acceptors (Lipinski definition) is 3. The van der Waals surface area contributed by atoms with Crippen LogP contribution in [0.15, 0.2) is 45.7 Å². The normalized spacial score (nSPS) is 11.4. The lowest BCUT2D eigenvalue weighted by Gasteiger charge is -2.11. The van der Waals surface area contributed by atoms with Gasteiger partial charge in [0, 0.05) is 10.0 Å². The minimum absolute atomic E-state index is 0.245. The van der Waals surface area contributed by atoms with Crippen molar-refractivity contribution in [3.05, 3.63) is 62.4 Å². The van der Waals surface area contributed by atoms with E-state index in [1.165, 1.54) is 5.56 Å². The Morgan fingerprint density at radius 3 is 2.50 bits per heavy atom. The molecule has 0 aliphatic carbocycles. The summed E-state index contributed by atoms with van der Waals surface area (Å²) in [5.74, 6) is 7.09. The second kappa shape index (κ2) is 6.40. The topological polar surface area (TPSA) is 60.9 Å². The fourth-order valence-electron chi connectivity index (χ4n) is 2.86. The number of nitrogens with zero attached hydrogens (tertiary/aromatic N) is 2. The van der Waals surface area contributed by atoms with Gasteiger partial charge in [-0.15, -0.1) is 0 Å². The molecule has 0 radical (unpaired) electrons. The van der Waals surface area contributed by atoms with Crippen LogP contribution in [0.3, 0.4) is 0 Å². The summed E-state index contributed by atoms with van der Waals surface area (Å²) in [7, 11) is 0. The third kappa shape index (κ3) is 3.08. The monoisotopic (exact) mass is 385 g/mol. The highest BCUT2D eigenvalue weighted by atomic mass is 79.9. The highest BCUT2D eigenvalue weighted by Gasteiger charge is 2.13. The van der Waals surface area contributed by atoms with Crippen molar-refractivity contribution in [3.63, 3.8) is 0 Å². The molecule has 24 heavy (non-hydrogen) atoms. The zero-order chi connectivity index (χ0) is 17.4. The molecule has 3 rings (SSSR count). The molecule has 0 amide bonds. The largest absolute Gasteiger partial charge is 0.334 e. The molecule has 0 saturated carbocycles. The quantitative estimate of drug-likeness (QED) is 0.691. The number of aromatic nitrogens is 2. The highest BCUT2D eigenvalue weighted by Crippen LogP contribution is 2.25. The number of halogens is 1. The minimum Gasteiger partial charge on any atom is -0.334 e. The van der Waals surface area contributed by atoms with Crippen LogP contribution in [0, 0.1) is 12.8 Å². The number of rotatable bonds is 3. The van der Waals surface area contributed by atoms with Crippen molar-refractivity contribution in [2.75, 3.05) is 5.84 Å². The van der Waals surface area contributed by atoms with Crippen molar-refractivity contribution >= 4 is 26.8 Å². The lowest BCUT2D eigenvalue weighted by Crippen LogP contribution is -2.30. The predicted octanol–water partition coefficient (Wildman–Crippen LogP) is 4.05. The van der Waals surface area contributed by atoms with Crippen molar-refractivity contribution in [2.45, 2.75) is 27.2 Å². The van der Waals surface area contributed by atoms with E-state index in [1.807, 2.05) is 31.2 Å². The molecule has 0 bridgehead atoms. The summed E-state index contributed by atoms with van der Waals surface area (Å²) in [6.07, 6.45) is 1.02. The van der Waals surface area contributed by atoms with E-state index in [9.17, 15) is 4.79 Å². The van der Waals surface area contributed by atoms with Crippen molar-refractivity contribution in [1.82, 2.24) is 9.66 Å². The summed E-state index contributed by atoms with van der Waals surface area (Å²) in [5.41, 5.74) is 3.46. The van der Waals surface area contributed by atoms with Gasteiger partial charge in [-0.05, 0) is 58.5 Å². The zero-order valence-corrected chi connectivity index (χ0v) is 15.6. The van der Waals surface area contributed by atoms with E-state index in [1.54, 1.807) is 0 Å². The van der Waals surface area contributed by atoms with E-state index < -0.39 is 0 Å². The van der Waals surface area contributed by atoms with Gasteiger partial charge in [0.2, 0.25) is 0 Å². The van der Waals surface area contributed by atoms with E-state index in [4.69, 9.17) is 5.84 Å². The first-order valence-corrected chi connectivity index (χ1v) is 8.73. The van der Waals surface area contributed by atoms with Crippen LogP contribution in [0.1, 0.15) is 25.0 Å². The van der Waals surface area contributed by atoms with Gasteiger partial charge < -0.3 is 5.84 Å². The lowest BCUT2D eigenvalue weighted by atomic mass is 10.0. The van der Waals surface area contributed by atoms with Crippen LogP contribution in [0.4, 0.5) is 0 Å². The number of nitrogens with two attached hydrogens (primary N) is 1. The molecule has 0 unspecified atom stereocenters. The summed E-state index contributed by atoms with van der Waals surface area (Å²) in [6.45, 7) is 6.32. The standard InChI is InChI=1S/C19H20BrN3O/c1-11(2)8-13-4-6-14(7-5-13)18-22-17-15(19(24)23(18)21)9-12(3)10-16(17)20/h4-7,9-11H,8,21H2,1-3H3. The predicted molar refractivity (Wildman–Crippen MR) is 103 cm³/mol. The van der Waals surface area contributed by atoms with E-state index in [0.29, 0.717) is 22.6 Å². The Hall–Kier alpha value is -2.14. The number of aryl methyl sites for hydroxylation is 1. The summed E-state index contributed by atoms with van der Waals surface area (Å²) in [6, 6.07) is 11.8. The fourth-order valence-corrected chi connectivity index (χ4v) is 3.53. The first-order chi connectivity index (χ1) is 11.4. The maximum absolute atomic E-state index is 12.6. The molecule has 0 atom stereocenters. The second-order valence-electron chi connectivity index (χ2n) is 6.55. The van der Waals surface area contributed by atoms with Gasteiger partial charge in [-0.2, -0.15) is 0 Å². The Morgan fingerprint density at radius 2 is 1.88 bits per heavy atom. The second-order valence-corrected chi connectivity index (χ2v) is 7.40. The van der Waals surface area contributed by atoms with Crippen molar-refractivity contribution in [2.24, 2.45) is 5.92 Å². The number of hydrogen-bond donors (Lipinski definition) is 1. The van der Waals surface area contributed by atoms with Crippen molar-refractivity contribution in [3.8, 4) is 11.4 Å². The molecule has 2 aromatic carbocycles. The summed E-state index contributed by atoms with van der Waals surface area (Å²) < 4.78 is 1.93. The van der Waals surface area contributed by atoms with E-state index in [0.717, 1.165) is 26.7 Å². The maximum atomic E-state index is 12.6. The molecule has 0 aliphatic rings. The maximum Gasteiger partial charge on any atom is 0.280 e. The molecule has 1 aromatic heterocycles. The molecular formula is C19H20BrN3O. The fraction of sp³-hybridized carbons (Fsp3) is 0.263. The Bertz CT molecular complexity index is 959. The van der Waals surface area contributed by atoms with Crippen LogP contribution >= 0.6 is 15.9 Å². The molecule has 3 aromatic rings. The van der Waals surface area contributed by atoms with Gasteiger partial charge in [0.25, 0.3) is 5.56 Å². The first kappa shape index (κ1) is 16.7. The van der Waals surface area contributed by atoms with Crippen LogP contribution in [0.25, 0.3) is 22.3 Å². The minimum atomic E-state index is -0.245. The molecule has 2 N–H and O–H groups in total. The van der Waals surface area contributed by atoms with E-state index in [-0.39, 0.29) is 5.56 Å². The van der Waals surface area contributed by atoms with Gasteiger partial charge in [-0.1, -0.05) is 38.1 Å². The third-order valence-corrected chi connectivity index (χ3v) is 4.56. The SMILES string of the molecule is Cc1cc(Br)c2nc(-c3ccc(CC(C)C)cc3)n(N)c(=O)c2c1. The molecular weight excluding hydrogens is 366 g/mol. The molecule has 0 saturated heterocycles. The Labute approximate surface area is 149 Å². The summed E-state index contributed by atoms with van der Waals surface area (Å²) >= 11 is 3.50. The molecule has 0 spiro atoms. The van der Waals surface area contributed by atoms with Crippen molar-refractivity contribution in [1.29, 1.82) is 0 Å². The lowest BCUT2D eigenvalue weighted by molar-refractivity contribution is 0.647. The van der Waals surface area contributed by atoms with Gasteiger partial charge in [0.1, 0.15) is 0 Å². The van der Waals surface area contributed by atoms with Crippen LogP contribution < -0.4 is 11.4 Å². The van der Waals surface area contributed by atoms with Crippen LogP contribution in [0.2, 0.25) is 0 Å². The highest BCUT2D eigenvalue weighted by molar-refractivity contribution is 9.10. The Morgan fingerprint density at radius 1 is 1.21 bits per heavy atom. The molecule has 124 valence electrons. The average molecular weight is 386 g/mol. The molecule has 0 fully saturated rings. The van der Waals surface area contributed by atoms with Gasteiger partial charge >= 0.3 is 0 Å². The van der Waals surface area contributed by atoms with Gasteiger partial charge in [0.15, 0.2) is 5.82 Å². The molecule has 4 nitrogen and oxygen atoms in total. The van der Waals surface area contributed by atoms with Gasteiger partial charge in [0.05, 0.1) is 10.9 Å². The summed E-state index contributed by atoms with van der Waals surface area (Å²) in [4.78, 5) is 17.2. The Kier molecular flexibility index (Phi) is 4.45. The van der Waals surface area contributed by atoms with E-state index >= 15 is 0 Å². The average Bonchev–Trinajstić information content (AvgIpc) is 2.52. The van der Waals surface area contributed by atoms with Gasteiger partial charge in [-0.25, -0.2) is 9.66 Å². The number of benzene rings is 2. The zero-order valence-electron chi connectivity index (χ0n) is 14.0. The first-order valence-electron chi connectivity index (χ1n) is 7.94. The number of nitrogen functional groups attached to an aromatic ring is 1. The van der Waals surface area contributed by atoms with Crippen LogP contribution in [-0.4, -0.2) is 9.66 Å². The number of fused-ring (bicyclic) bond motifs is 1. The van der Waals surface area contributed by atoms with Crippen molar-refractivity contribution < 1.29 is 0 Å². The van der Waals surface area contributed by atoms with Gasteiger partial charge in [-0.3, -0.25) is 4.79 Å². The third-order valence-electron chi connectivity index (χ3n) is 3.96. The van der Waals surface area contributed by atoms with Crippen LogP contribution in [-0.2, 0) is 6.42 Å². The molecule has 0 aliphatic heterocycles. The summed E-state index contributed by atoms with van der Waals surface area (Å²) in [5, 5.41) is 0.518. The van der Waals surface area contributed by atoms with Crippen LogP contribution in [0.5, 0.6) is 0 Å². The molecule has 1 heterocycles. The van der Waals surface area contributed by atoms with E-state index in [2.05, 4.69) is 46.9 Å². The Balaban J connectivity index is 2.16. The smallest absolute Gasteiger partial charge is 0.280 e. The molecule has 5 heteroatoms.